The molecule has 2 aromatic carbocycles. The summed E-state index contributed by atoms with van der Waals surface area (Å²) in [4.78, 5) is 12.0. The van der Waals surface area contributed by atoms with Gasteiger partial charge in [-0.15, -0.1) is 0 Å². The molecule has 1 N–H and O–H groups in total. The van der Waals surface area contributed by atoms with Crippen molar-refractivity contribution in [1.82, 2.24) is 14.3 Å². The number of aromatic amines is 1. The molecule has 7 heteroatoms. The summed E-state index contributed by atoms with van der Waals surface area (Å²) >= 11 is 1.56. The molecular formula is C21H21FN4OS. The number of hydrogen-bond donors (Lipinski definition) is 1. The lowest BCUT2D eigenvalue weighted by atomic mass is 10.1. The van der Waals surface area contributed by atoms with Crippen LogP contribution in [0, 0.1) is 0 Å². The van der Waals surface area contributed by atoms with Gasteiger partial charge in [-0.2, -0.15) is 4.37 Å². The molecule has 0 bridgehead atoms. The fraction of sp³-hybridized carbons (Fsp3) is 0.286. The molecule has 1 saturated heterocycles. The monoisotopic (exact) mass is 396 g/mol. The van der Waals surface area contributed by atoms with Crippen LogP contribution in [0.3, 0.4) is 0 Å². The molecular weight excluding hydrogens is 375 g/mol. The zero-order chi connectivity index (χ0) is 18.9. The number of benzene rings is 2. The number of piperazine rings is 1. The van der Waals surface area contributed by atoms with Gasteiger partial charge in [-0.25, -0.2) is 0 Å². The second kappa shape index (κ2) is 7.41. The standard InChI is InChI=1S/C21H21FN4OS/c22-27-19-14-18-15(5-7-23-18)13-16(19)6-8-25-9-11-26(12-10-25)21-17-3-1-2-4-20(17)28-24-21/h1-5,7,13-14,23H,6,8-12H2. The Balaban J connectivity index is 1.23. The van der Waals surface area contributed by atoms with Gasteiger partial charge in [-0.1, -0.05) is 12.1 Å². The summed E-state index contributed by atoms with van der Waals surface area (Å²) in [6.45, 7) is 4.75. The molecule has 3 heterocycles. The first kappa shape index (κ1) is 17.5. The van der Waals surface area contributed by atoms with Crippen molar-refractivity contribution in [2.75, 3.05) is 37.6 Å². The van der Waals surface area contributed by atoms with E-state index < -0.39 is 0 Å². The van der Waals surface area contributed by atoms with Crippen LogP contribution >= 0.6 is 11.5 Å². The van der Waals surface area contributed by atoms with Crippen molar-refractivity contribution < 1.29 is 9.47 Å². The van der Waals surface area contributed by atoms with E-state index in [-0.39, 0.29) is 0 Å². The summed E-state index contributed by atoms with van der Waals surface area (Å²) in [7, 11) is 0. The van der Waals surface area contributed by atoms with Gasteiger partial charge in [0, 0.05) is 66.0 Å². The summed E-state index contributed by atoms with van der Waals surface area (Å²) in [6.07, 6.45) is 2.62. The minimum Gasteiger partial charge on any atom is -0.361 e. The summed E-state index contributed by atoms with van der Waals surface area (Å²) in [5.41, 5.74) is 1.79. The number of hydrogen-bond acceptors (Lipinski definition) is 5. The van der Waals surface area contributed by atoms with Gasteiger partial charge in [0.2, 0.25) is 0 Å². The Labute approximate surface area is 166 Å². The van der Waals surface area contributed by atoms with E-state index in [0.717, 1.165) is 61.4 Å². The lowest BCUT2D eigenvalue weighted by Gasteiger charge is -2.35. The Hall–Kier alpha value is -2.64. The maximum absolute atomic E-state index is 13.0. The predicted molar refractivity (Wildman–Crippen MR) is 112 cm³/mol. The minimum atomic E-state index is 0.308. The maximum atomic E-state index is 13.0. The van der Waals surface area contributed by atoms with Crippen LogP contribution in [0.1, 0.15) is 5.56 Å². The Bertz CT molecular complexity index is 1100. The molecule has 0 amide bonds. The van der Waals surface area contributed by atoms with Crippen molar-refractivity contribution >= 4 is 38.3 Å². The van der Waals surface area contributed by atoms with Crippen molar-refractivity contribution in [1.29, 1.82) is 0 Å². The molecule has 5 nitrogen and oxygen atoms in total. The highest BCUT2D eigenvalue weighted by molar-refractivity contribution is 7.13. The molecule has 0 aliphatic carbocycles. The SMILES string of the molecule is FOc1cc2[nH]ccc2cc1CCN1CCN(c2nsc3ccccc23)CC1. The Kier molecular flexibility index (Phi) is 4.62. The third-order valence-electron chi connectivity index (χ3n) is 5.55. The van der Waals surface area contributed by atoms with E-state index in [1.54, 1.807) is 17.6 Å². The molecule has 0 atom stereocenters. The van der Waals surface area contributed by atoms with Crippen molar-refractivity contribution in [2.24, 2.45) is 0 Å². The van der Waals surface area contributed by atoms with Gasteiger partial charge in [0.25, 0.3) is 0 Å². The summed E-state index contributed by atoms with van der Waals surface area (Å²) < 4.78 is 18.9. The number of rotatable bonds is 5. The molecule has 0 spiro atoms. The molecule has 144 valence electrons. The lowest BCUT2D eigenvalue weighted by molar-refractivity contribution is -0.00728. The molecule has 5 rings (SSSR count). The van der Waals surface area contributed by atoms with Crippen LogP contribution in [-0.2, 0) is 6.42 Å². The zero-order valence-corrected chi connectivity index (χ0v) is 16.2. The average molecular weight is 396 g/mol. The number of aromatic nitrogens is 2. The molecule has 0 radical (unpaired) electrons. The van der Waals surface area contributed by atoms with Crippen LogP contribution in [0.2, 0.25) is 0 Å². The van der Waals surface area contributed by atoms with Gasteiger partial charge in [0.05, 0.1) is 4.70 Å². The van der Waals surface area contributed by atoms with Crippen molar-refractivity contribution in [3.05, 3.63) is 54.2 Å². The summed E-state index contributed by atoms with van der Waals surface area (Å²) in [5, 5.41) is 2.32. The van der Waals surface area contributed by atoms with Crippen LogP contribution in [0.15, 0.2) is 48.7 Å². The van der Waals surface area contributed by atoms with Crippen LogP contribution < -0.4 is 9.84 Å². The minimum absolute atomic E-state index is 0.308. The molecule has 0 saturated carbocycles. The van der Waals surface area contributed by atoms with Crippen LogP contribution in [0.25, 0.3) is 21.0 Å². The third kappa shape index (κ3) is 3.21. The molecule has 28 heavy (non-hydrogen) atoms. The quantitative estimate of drug-likeness (QED) is 0.543. The fourth-order valence-electron chi connectivity index (χ4n) is 3.96. The highest BCUT2D eigenvalue weighted by Crippen LogP contribution is 2.30. The normalized spacial score (nSPS) is 15.5. The average Bonchev–Trinajstić information content (AvgIpc) is 3.38. The van der Waals surface area contributed by atoms with Crippen molar-refractivity contribution in [3.63, 3.8) is 0 Å². The predicted octanol–water partition coefficient (Wildman–Crippen LogP) is 4.41. The van der Waals surface area contributed by atoms with Crippen LogP contribution in [0.5, 0.6) is 5.75 Å². The fourth-order valence-corrected chi connectivity index (χ4v) is 4.75. The topological polar surface area (TPSA) is 44.4 Å². The largest absolute Gasteiger partial charge is 0.361 e. The van der Waals surface area contributed by atoms with E-state index in [2.05, 4.69) is 48.4 Å². The highest BCUT2D eigenvalue weighted by atomic mass is 32.1. The number of halogens is 1. The number of nitrogens with zero attached hydrogens (tertiary/aromatic N) is 3. The second-order valence-electron chi connectivity index (χ2n) is 7.18. The summed E-state index contributed by atoms with van der Waals surface area (Å²) in [6, 6.07) is 14.1. The maximum Gasteiger partial charge on any atom is 0.177 e. The second-order valence-corrected chi connectivity index (χ2v) is 7.99. The first-order valence-electron chi connectivity index (χ1n) is 9.52. The van der Waals surface area contributed by atoms with E-state index in [1.807, 2.05) is 18.3 Å². The van der Waals surface area contributed by atoms with Crippen LogP contribution in [-0.4, -0.2) is 47.0 Å². The Morgan fingerprint density at radius 2 is 1.96 bits per heavy atom. The molecule has 1 aliphatic heterocycles. The van der Waals surface area contributed by atoms with E-state index >= 15 is 0 Å². The molecule has 1 fully saturated rings. The molecule has 1 aliphatic rings. The first-order valence-corrected chi connectivity index (χ1v) is 10.3. The molecule has 0 unspecified atom stereocenters. The smallest absolute Gasteiger partial charge is 0.177 e. The number of nitrogens with one attached hydrogen (secondary N) is 1. The van der Waals surface area contributed by atoms with Crippen molar-refractivity contribution in [3.8, 4) is 5.75 Å². The van der Waals surface area contributed by atoms with Crippen LogP contribution in [0.4, 0.5) is 10.3 Å². The zero-order valence-electron chi connectivity index (χ0n) is 15.4. The first-order chi connectivity index (χ1) is 13.8. The highest BCUT2D eigenvalue weighted by Gasteiger charge is 2.21. The Morgan fingerprint density at radius 3 is 2.82 bits per heavy atom. The van der Waals surface area contributed by atoms with Gasteiger partial charge >= 0.3 is 0 Å². The Morgan fingerprint density at radius 1 is 1.11 bits per heavy atom. The lowest BCUT2D eigenvalue weighted by Crippen LogP contribution is -2.47. The molecule has 2 aromatic heterocycles. The third-order valence-corrected chi connectivity index (χ3v) is 6.36. The molecule has 4 aromatic rings. The van der Waals surface area contributed by atoms with E-state index in [4.69, 9.17) is 0 Å². The number of H-pyrrole nitrogens is 1. The van der Waals surface area contributed by atoms with E-state index in [0.29, 0.717) is 5.75 Å². The van der Waals surface area contributed by atoms with Gasteiger partial charge in [0.15, 0.2) is 5.75 Å². The number of anilines is 1. The van der Waals surface area contributed by atoms with Gasteiger partial charge in [-0.05, 0) is 47.6 Å². The number of fused-ring (bicyclic) bond motifs is 2. The van der Waals surface area contributed by atoms with E-state index in [1.165, 1.54) is 10.1 Å². The van der Waals surface area contributed by atoms with Gasteiger partial charge < -0.3 is 9.88 Å². The van der Waals surface area contributed by atoms with E-state index in [9.17, 15) is 4.53 Å². The van der Waals surface area contributed by atoms with Gasteiger partial charge in [0.1, 0.15) is 5.82 Å². The van der Waals surface area contributed by atoms with Gasteiger partial charge in [-0.3, -0.25) is 9.84 Å². The summed E-state index contributed by atoms with van der Waals surface area (Å²) in [5.74, 6) is 1.41. The van der Waals surface area contributed by atoms with Crippen molar-refractivity contribution in [2.45, 2.75) is 6.42 Å².